The average molecular weight is 426 g/mol. The fourth-order valence-corrected chi connectivity index (χ4v) is 4.06. The van der Waals surface area contributed by atoms with Crippen LogP contribution in [0, 0.1) is 6.92 Å². The molecule has 5 rings (SSSR count). The molecule has 0 aliphatic carbocycles. The molecule has 146 valence electrons. The van der Waals surface area contributed by atoms with Crippen LogP contribution in [0.3, 0.4) is 0 Å². The number of rotatable bonds is 2. The third-order valence-electron chi connectivity index (χ3n) is 5.08. The molecular weight excluding hydrogens is 409 g/mol. The molecule has 0 radical (unpaired) electrons. The second-order valence-electron chi connectivity index (χ2n) is 6.84. The highest BCUT2D eigenvalue weighted by Crippen LogP contribution is 2.30. The Balaban J connectivity index is 0.00000205. The van der Waals surface area contributed by atoms with Crippen LogP contribution in [0.2, 0.25) is 5.02 Å². The van der Waals surface area contributed by atoms with E-state index in [9.17, 15) is 4.79 Å². The van der Waals surface area contributed by atoms with Crippen LogP contribution >= 0.6 is 11.6 Å². The van der Waals surface area contributed by atoms with E-state index in [0.717, 1.165) is 38.6 Å². The van der Waals surface area contributed by atoms with Crippen molar-refractivity contribution in [1.29, 1.82) is 0 Å². The number of esters is 1. The highest BCUT2D eigenvalue weighted by molar-refractivity contribution is 6.32. The van der Waals surface area contributed by atoms with E-state index >= 15 is 0 Å². The normalized spacial score (nSPS) is 11.1. The molecule has 0 aliphatic rings. The Morgan fingerprint density at radius 3 is 2.69 bits per heavy atom. The summed E-state index contributed by atoms with van der Waals surface area (Å²) >= 11 is 6.47. The molecule has 0 saturated heterocycles. The average Bonchev–Trinajstić information content (AvgIpc) is 3.28. The molecule has 29 heavy (non-hydrogen) atoms. The van der Waals surface area contributed by atoms with Crippen molar-refractivity contribution in [1.82, 2.24) is 9.38 Å². The van der Waals surface area contributed by atoms with Crippen molar-refractivity contribution in [2.75, 3.05) is 7.11 Å². The van der Waals surface area contributed by atoms with Gasteiger partial charge in [-0.3, -0.25) is 0 Å². The van der Waals surface area contributed by atoms with Gasteiger partial charge in [0, 0.05) is 22.4 Å². The highest BCUT2D eigenvalue weighted by atomic mass is 35.5. The number of benzene rings is 2. The summed E-state index contributed by atoms with van der Waals surface area (Å²) in [4.78, 5) is 16.0. The van der Waals surface area contributed by atoms with Gasteiger partial charge in [0.25, 0.3) is 6.33 Å². The number of H-pyrrole nitrogens is 1. The zero-order valence-corrected chi connectivity index (χ0v) is 17.3. The predicted octanol–water partition coefficient (Wildman–Crippen LogP) is 1.60. The van der Waals surface area contributed by atoms with E-state index in [-0.39, 0.29) is 12.4 Å². The van der Waals surface area contributed by atoms with Crippen molar-refractivity contribution < 1.29 is 26.5 Å². The highest BCUT2D eigenvalue weighted by Gasteiger charge is 2.24. The zero-order chi connectivity index (χ0) is 19.4. The van der Waals surface area contributed by atoms with Crippen LogP contribution in [0.1, 0.15) is 16.1 Å². The number of nitrogens with zero attached hydrogens (tertiary/aromatic N) is 2. The summed E-state index contributed by atoms with van der Waals surface area (Å²) in [5, 5.41) is 2.68. The summed E-state index contributed by atoms with van der Waals surface area (Å²) in [6.07, 6.45) is 3.82. The predicted molar refractivity (Wildman–Crippen MR) is 109 cm³/mol. The number of carbonyl (C=O) groups excluding carboxylic acids is 1. The van der Waals surface area contributed by atoms with Crippen LogP contribution < -0.4 is 17.0 Å². The van der Waals surface area contributed by atoms with Crippen molar-refractivity contribution >= 4 is 44.9 Å². The lowest BCUT2D eigenvalue weighted by Gasteiger charge is -2.00. The number of nitrogens with one attached hydrogen (secondary N) is 1. The number of aryl methyl sites for hydroxylation is 1. The van der Waals surface area contributed by atoms with E-state index in [4.69, 9.17) is 16.3 Å². The zero-order valence-electron chi connectivity index (χ0n) is 15.7. The summed E-state index contributed by atoms with van der Waals surface area (Å²) in [5.41, 5.74) is 5.23. The number of carbonyl (C=O) groups is 1. The molecule has 3 heterocycles. The molecule has 0 saturated carbocycles. The quantitative estimate of drug-likeness (QED) is 0.345. The van der Waals surface area contributed by atoms with Crippen molar-refractivity contribution in [3.05, 3.63) is 77.3 Å². The molecule has 5 nitrogen and oxygen atoms in total. The molecule has 3 aromatic heterocycles. The number of methoxy groups -OCH3 is 1. The monoisotopic (exact) mass is 425 g/mol. The third kappa shape index (κ3) is 2.94. The standard InChI is InChI=1S/C22H16ClN3O2.ClH/c1-13-7-8-18(16(23)9-13)25-11-20-21-15(14-5-3-4-6-17(14)24-21)10-19(22(27)28-2)26(20)12-25;/h3-12H,1-2H3;1H. The Bertz CT molecular complexity index is 1400. The van der Waals surface area contributed by atoms with Crippen LogP contribution in [0.5, 0.6) is 0 Å². The molecule has 0 aliphatic heterocycles. The second kappa shape index (κ2) is 7.10. The summed E-state index contributed by atoms with van der Waals surface area (Å²) < 4.78 is 8.79. The minimum Gasteiger partial charge on any atom is -1.00 e. The number of aromatic amines is 1. The van der Waals surface area contributed by atoms with Crippen LogP contribution in [0.4, 0.5) is 0 Å². The lowest BCUT2D eigenvalue weighted by Crippen LogP contribution is -3.00. The second-order valence-corrected chi connectivity index (χ2v) is 7.25. The number of imidazole rings is 1. The van der Waals surface area contributed by atoms with Gasteiger partial charge in [-0.2, -0.15) is 8.97 Å². The summed E-state index contributed by atoms with van der Waals surface area (Å²) in [5.74, 6) is -0.394. The minimum absolute atomic E-state index is 0. The van der Waals surface area contributed by atoms with Crippen LogP contribution in [-0.4, -0.2) is 22.5 Å². The van der Waals surface area contributed by atoms with E-state index in [0.29, 0.717) is 10.7 Å². The fraction of sp³-hybridized carbons (Fsp3) is 0.0909. The maximum atomic E-state index is 12.5. The number of fused-ring (bicyclic) bond motifs is 5. The molecule has 0 bridgehead atoms. The largest absolute Gasteiger partial charge is 1.00 e. The topological polar surface area (TPSA) is 50.4 Å². The lowest BCUT2D eigenvalue weighted by molar-refractivity contribution is -0.593. The Kier molecular flexibility index (Phi) is 4.73. The van der Waals surface area contributed by atoms with Gasteiger partial charge in [-0.25, -0.2) is 4.79 Å². The van der Waals surface area contributed by atoms with Gasteiger partial charge in [0.05, 0.1) is 17.6 Å². The minimum atomic E-state index is -0.394. The first-order chi connectivity index (χ1) is 13.6. The first-order valence-corrected chi connectivity index (χ1v) is 9.26. The summed E-state index contributed by atoms with van der Waals surface area (Å²) in [6.45, 7) is 2.00. The molecule has 1 N–H and O–H groups in total. The Hall–Kier alpha value is -3.02. The molecular formula is C22H17Cl2N3O2. The maximum absolute atomic E-state index is 12.5. The van der Waals surface area contributed by atoms with Crippen LogP contribution in [-0.2, 0) is 4.74 Å². The smallest absolute Gasteiger partial charge is 0.378 e. The first kappa shape index (κ1) is 19.3. The number of pyridine rings is 1. The number of ether oxygens (including phenoxy) is 1. The van der Waals surface area contributed by atoms with E-state index < -0.39 is 5.97 Å². The van der Waals surface area contributed by atoms with Crippen molar-refractivity contribution in [2.45, 2.75) is 6.92 Å². The molecule has 0 unspecified atom stereocenters. The van der Waals surface area contributed by atoms with Crippen LogP contribution in [0.15, 0.2) is 61.1 Å². The number of para-hydroxylation sites is 1. The Morgan fingerprint density at radius 1 is 1.14 bits per heavy atom. The molecule has 0 spiro atoms. The van der Waals surface area contributed by atoms with Crippen LogP contribution in [0.25, 0.3) is 33.0 Å². The molecule has 7 heteroatoms. The van der Waals surface area contributed by atoms with Gasteiger partial charge >= 0.3 is 5.97 Å². The first-order valence-electron chi connectivity index (χ1n) is 8.88. The molecule has 2 aromatic carbocycles. The number of halogens is 2. The van der Waals surface area contributed by atoms with Gasteiger partial charge in [-0.05, 0) is 30.7 Å². The Morgan fingerprint density at radius 2 is 1.93 bits per heavy atom. The van der Waals surface area contributed by atoms with E-state index in [1.165, 1.54) is 7.11 Å². The number of hydrogen-bond acceptors (Lipinski definition) is 2. The van der Waals surface area contributed by atoms with Gasteiger partial charge in [-0.15, -0.1) is 0 Å². The van der Waals surface area contributed by atoms with E-state index in [2.05, 4.69) is 4.98 Å². The molecule has 0 fully saturated rings. The fourth-order valence-electron chi connectivity index (χ4n) is 3.73. The molecule has 0 atom stereocenters. The van der Waals surface area contributed by atoms with Crippen molar-refractivity contribution in [3.63, 3.8) is 0 Å². The number of hydrogen-bond donors (Lipinski definition) is 1. The van der Waals surface area contributed by atoms with Crippen molar-refractivity contribution in [2.24, 2.45) is 0 Å². The maximum Gasteiger partial charge on any atom is 0.378 e. The van der Waals surface area contributed by atoms with E-state index in [1.54, 1.807) is 0 Å². The number of aromatic nitrogens is 3. The van der Waals surface area contributed by atoms with Gasteiger partial charge < -0.3 is 22.1 Å². The van der Waals surface area contributed by atoms with Gasteiger partial charge in [0.15, 0.2) is 11.2 Å². The summed E-state index contributed by atoms with van der Waals surface area (Å²) in [6, 6.07) is 15.8. The molecule has 5 aromatic rings. The summed E-state index contributed by atoms with van der Waals surface area (Å²) in [7, 11) is 1.39. The Labute approximate surface area is 177 Å². The van der Waals surface area contributed by atoms with Gasteiger partial charge in [0.2, 0.25) is 5.69 Å². The van der Waals surface area contributed by atoms with E-state index in [1.807, 2.05) is 76.9 Å². The third-order valence-corrected chi connectivity index (χ3v) is 5.38. The van der Waals surface area contributed by atoms with Gasteiger partial charge in [0.1, 0.15) is 6.20 Å². The lowest BCUT2D eigenvalue weighted by atomic mass is 10.1. The van der Waals surface area contributed by atoms with Gasteiger partial charge in [-0.1, -0.05) is 35.9 Å². The molecule has 0 amide bonds. The SMILES string of the molecule is COC(=O)c1cc2c3ccccc3[nH]c2c2c[n+](-c3ccc(C)cc3Cl)cn12.[Cl-]. The van der Waals surface area contributed by atoms with Crippen molar-refractivity contribution in [3.8, 4) is 5.69 Å².